The monoisotopic (exact) mass is 346 g/mol. The fraction of sp³-hybridized carbons (Fsp3) is 0.526. The molecule has 1 heterocycles. The molecule has 1 aromatic carbocycles. The van der Waals surface area contributed by atoms with Crippen LogP contribution >= 0.6 is 11.8 Å². The zero-order valence-electron chi connectivity index (χ0n) is 15.7. The highest BCUT2D eigenvalue weighted by atomic mass is 32.2. The maximum absolute atomic E-state index is 11.4. The Morgan fingerprint density at radius 3 is 2.29 bits per heavy atom. The first-order valence-corrected chi connectivity index (χ1v) is 9.27. The number of rotatable bonds is 4. The Kier molecular flexibility index (Phi) is 5.68. The topological polar surface area (TPSA) is 35.5 Å². The van der Waals surface area contributed by atoms with E-state index in [-0.39, 0.29) is 16.3 Å². The van der Waals surface area contributed by atoms with Gasteiger partial charge in [0.05, 0.1) is 11.2 Å². The molecule has 1 aliphatic heterocycles. The average molecular weight is 346 g/mol. The zero-order chi connectivity index (χ0) is 18.1. The standard InChI is InChI=1S/C19H27BO3S/c1-13-8-9-14(2)16(10-13)11-17(12-24-15(3)21)20-22-18(4,5)19(6,7)23-20/h8-11H,12H2,1-7H3. The van der Waals surface area contributed by atoms with Crippen LogP contribution < -0.4 is 0 Å². The van der Waals surface area contributed by atoms with E-state index in [0.29, 0.717) is 5.75 Å². The fourth-order valence-corrected chi connectivity index (χ4v) is 3.06. The summed E-state index contributed by atoms with van der Waals surface area (Å²) >= 11 is 1.29. The number of aryl methyl sites for hydroxylation is 2. The molecule has 0 amide bonds. The van der Waals surface area contributed by atoms with Crippen LogP contribution in [0.3, 0.4) is 0 Å². The van der Waals surface area contributed by atoms with Gasteiger partial charge >= 0.3 is 7.12 Å². The number of carbonyl (C=O) groups is 1. The van der Waals surface area contributed by atoms with Gasteiger partial charge in [-0.05, 0) is 58.1 Å². The van der Waals surface area contributed by atoms with Crippen LogP contribution in [0, 0.1) is 13.8 Å². The lowest BCUT2D eigenvalue weighted by Gasteiger charge is -2.32. The molecule has 1 aromatic rings. The van der Waals surface area contributed by atoms with E-state index >= 15 is 0 Å². The molecule has 0 radical (unpaired) electrons. The highest BCUT2D eigenvalue weighted by Gasteiger charge is 2.52. The smallest absolute Gasteiger partial charge is 0.400 e. The first kappa shape index (κ1) is 19.3. The highest BCUT2D eigenvalue weighted by molar-refractivity contribution is 8.13. The fourth-order valence-electron chi connectivity index (χ4n) is 2.47. The Balaban J connectivity index is 2.37. The molecule has 0 aromatic heterocycles. The van der Waals surface area contributed by atoms with Crippen molar-refractivity contribution < 1.29 is 14.1 Å². The molecule has 1 aliphatic rings. The molecule has 1 fully saturated rings. The van der Waals surface area contributed by atoms with Crippen LogP contribution in [0.25, 0.3) is 6.08 Å². The van der Waals surface area contributed by atoms with E-state index in [0.717, 1.165) is 11.0 Å². The van der Waals surface area contributed by atoms with Crippen molar-refractivity contribution in [2.75, 3.05) is 5.75 Å². The van der Waals surface area contributed by atoms with Gasteiger partial charge in [-0.2, -0.15) is 0 Å². The molecule has 0 N–H and O–H groups in total. The lowest BCUT2D eigenvalue weighted by molar-refractivity contribution is -0.109. The predicted octanol–water partition coefficient (Wildman–Crippen LogP) is 4.60. The van der Waals surface area contributed by atoms with Crippen LogP contribution in [0.5, 0.6) is 0 Å². The van der Waals surface area contributed by atoms with E-state index in [1.54, 1.807) is 6.92 Å². The van der Waals surface area contributed by atoms with Crippen molar-refractivity contribution >= 4 is 30.1 Å². The molecule has 130 valence electrons. The third-order valence-electron chi connectivity index (χ3n) is 4.77. The van der Waals surface area contributed by atoms with Crippen LogP contribution in [-0.2, 0) is 14.1 Å². The van der Waals surface area contributed by atoms with Crippen molar-refractivity contribution in [2.24, 2.45) is 0 Å². The van der Waals surface area contributed by atoms with Crippen LogP contribution in [0.1, 0.15) is 51.3 Å². The van der Waals surface area contributed by atoms with Crippen LogP contribution in [0.15, 0.2) is 23.7 Å². The van der Waals surface area contributed by atoms with Gasteiger partial charge in [0.25, 0.3) is 0 Å². The summed E-state index contributed by atoms with van der Waals surface area (Å²) in [7, 11) is -0.429. The Bertz CT molecular complexity index is 649. The lowest BCUT2D eigenvalue weighted by atomic mass is 9.78. The van der Waals surface area contributed by atoms with E-state index in [1.165, 1.54) is 22.9 Å². The van der Waals surface area contributed by atoms with Crippen molar-refractivity contribution in [2.45, 2.75) is 59.7 Å². The van der Waals surface area contributed by atoms with E-state index in [2.05, 4.69) is 38.1 Å². The van der Waals surface area contributed by atoms with Gasteiger partial charge in [0, 0.05) is 12.7 Å². The lowest BCUT2D eigenvalue weighted by Crippen LogP contribution is -2.41. The maximum Gasteiger partial charge on any atom is 0.491 e. The maximum atomic E-state index is 11.4. The summed E-state index contributed by atoms with van der Waals surface area (Å²) in [5.41, 5.74) is 3.76. The van der Waals surface area contributed by atoms with Crippen molar-refractivity contribution in [1.29, 1.82) is 0 Å². The molecule has 0 unspecified atom stereocenters. The van der Waals surface area contributed by atoms with Gasteiger partial charge in [0.15, 0.2) is 5.12 Å². The summed E-state index contributed by atoms with van der Waals surface area (Å²) in [4.78, 5) is 11.4. The van der Waals surface area contributed by atoms with Gasteiger partial charge in [0.1, 0.15) is 0 Å². The second-order valence-electron chi connectivity index (χ2n) is 7.45. The molecule has 2 rings (SSSR count). The minimum Gasteiger partial charge on any atom is -0.400 e. The Morgan fingerprint density at radius 2 is 1.75 bits per heavy atom. The van der Waals surface area contributed by atoms with Gasteiger partial charge in [-0.25, -0.2) is 0 Å². The molecule has 0 spiro atoms. The largest absolute Gasteiger partial charge is 0.491 e. The summed E-state index contributed by atoms with van der Waals surface area (Å²) in [6, 6.07) is 6.37. The number of thioether (sulfide) groups is 1. The predicted molar refractivity (Wildman–Crippen MR) is 103 cm³/mol. The Morgan fingerprint density at radius 1 is 1.17 bits per heavy atom. The Labute approximate surface area is 150 Å². The second-order valence-corrected chi connectivity index (χ2v) is 8.60. The van der Waals surface area contributed by atoms with E-state index in [1.807, 2.05) is 27.7 Å². The van der Waals surface area contributed by atoms with Crippen LogP contribution in [0.4, 0.5) is 0 Å². The normalized spacial score (nSPS) is 19.6. The van der Waals surface area contributed by atoms with E-state index < -0.39 is 7.12 Å². The minimum atomic E-state index is -0.429. The van der Waals surface area contributed by atoms with E-state index in [9.17, 15) is 4.79 Å². The molecule has 5 heteroatoms. The summed E-state index contributed by atoms with van der Waals surface area (Å²) in [6.45, 7) is 13.9. The molecule has 3 nitrogen and oxygen atoms in total. The molecule has 0 saturated carbocycles. The molecular weight excluding hydrogens is 319 g/mol. The van der Waals surface area contributed by atoms with Crippen LogP contribution in [-0.4, -0.2) is 29.2 Å². The summed E-state index contributed by atoms with van der Waals surface area (Å²) in [5, 5.41) is 0.0957. The van der Waals surface area contributed by atoms with Crippen molar-refractivity contribution in [3.05, 3.63) is 40.4 Å². The zero-order valence-corrected chi connectivity index (χ0v) is 16.5. The average Bonchev–Trinajstić information content (AvgIpc) is 2.66. The Hall–Kier alpha value is -1.04. The minimum absolute atomic E-state index is 0.0957. The van der Waals surface area contributed by atoms with Gasteiger partial charge in [-0.15, -0.1) is 0 Å². The molecule has 0 aliphatic carbocycles. The molecule has 24 heavy (non-hydrogen) atoms. The van der Waals surface area contributed by atoms with Crippen LogP contribution in [0.2, 0.25) is 0 Å². The van der Waals surface area contributed by atoms with Gasteiger partial charge in [0.2, 0.25) is 0 Å². The number of carbonyl (C=O) groups excluding carboxylic acids is 1. The van der Waals surface area contributed by atoms with E-state index in [4.69, 9.17) is 9.31 Å². The second kappa shape index (κ2) is 7.07. The quantitative estimate of drug-likeness (QED) is 0.747. The summed E-state index contributed by atoms with van der Waals surface area (Å²) < 4.78 is 12.4. The number of hydrogen-bond acceptors (Lipinski definition) is 4. The number of hydrogen-bond donors (Lipinski definition) is 0. The molecule has 1 saturated heterocycles. The third kappa shape index (κ3) is 4.32. The van der Waals surface area contributed by atoms with Gasteiger partial charge in [-0.3, -0.25) is 4.79 Å². The third-order valence-corrected chi connectivity index (χ3v) is 5.66. The summed E-state index contributed by atoms with van der Waals surface area (Å²) in [6.07, 6.45) is 2.11. The van der Waals surface area contributed by atoms with Crippen molar-refractivity contribution in [1.82, 2.24) is 0 Å². The first-order valence-electron chi connectivity index (χ1n) is 8.28. The van der Waals surface area contributed by atoms with Gasteiger partial charge < -0.3 is 9.31 Å². The molecule has 0 bridgehead atoms. The highest BCUT2D eigenvalue weighted by Crippen LogP contribution is 2.39. The number of benzene rings is 1. The summed E-state index contributed by atoms with van der Waals surface area (Å²) in [5.74, 6) is 0.569. The van der Waals surface area contributed by atoms with Crippen molar-refractivity contribution in [3.8, 4) is 0 Å². The van der Waals surface area contributed by atoms with Crippen molar-refractivity contribution in [3.63, 3.8) is 0 Å². The molecular formula is C19H27BO3S. The molecule has 0 atom stereocenters. The SMILES string of the molecule is CC(=O)SCC(=Cc1cc(C)ccc1C)B1OC(C)(C)C(C)(C)O1. The first-order chi connectivity index (χ1) is 11.0. The van der Waals surface area contributed by atoms with Gasteiger partial charge in [-0.1, -0.05) is 41.6 Å².